The first-order valence-electron chi connectivity index (χ1n) is 10.5. The number of rotatable bonds is 9. The van der Waals surface area contributed by atoms with Gasteiger partial charge in [-0.3, -0.25) is 5.10 Å². The topological polar surface area (TPSA) is 90.5 Å². The highest BCUT2D eigenvalue weighted by molar-refractivity contribution is 6.31. The summed E-state index contributed by atoms with van der Waals surface area (Å²) in [4.78, 5) is 8.91. The number of aromatic amines is 1. The molecule has 1 saturated heterocycles. The molecular formula is C21H27Cl2N7. The lowest BCUT2D eigenvalue weighted by molar-refractivity contribution is 0.388. The Labute approximate surface area is 186 Å². The van der Waals surface area contributed by atoms with Gasteiger partial charge in [-0.15, -0.1) is 0 Å². The first-order valence-corrected chi connectivity index (χ1v) is 11.3. The molecule has 2 aromatic heterocycles. The Morgan fingerprint density at radius 1 is 1.13 bits per heavy atom. The SMILES string of the molecule is Clc1ccc2[nH]nc(CNCCc3nc(NCCC4CCCCN4)ncc3Cl)c2c1. The molecule has 1 aromatic carbocycles. The second kappa shape index (κ2) is 10.4. The maximum Gasteiger partial charge on any atom is 0.222 e. The van der Waals surface area contributed by atoms with Gasteiger partial charge in [-0.25, -0.2) is 9.97 Å². The molecule has 30 heavy (non-hydrogen) atoms. The van der Waals surface area contributed by atoms with Crippen LogP contribution in [0, 0.1) is 0 Å². The lowest BCUT2D eigenvalue weighted by Gasteiger charge is -2.23. The van der Waals surface area contributed by atoms with Crippen LogP contribution >= 0.6 is 23.2 Å². The molecular weight excluding hydrogens is 421 g/mol. The van der Waals surface area contributed by atoms with Crippen molar-refractivity contribution < 1.29 is 0 Å². The Bertz CT molecular complexity index is 969. The second-order valence-corrected chi connectivity index (χ2v) is 8.48. The molecule has 1 atom stereocenters. The van der Waals surface area contributed by atoms with Gasteiger partial charge >= 0.3 is 0 Å². The third-order valence-electron chi connectivity index (χ3n) is 5.44. The highest BCUT2D eigenvalue weighted by Crippen LogP contribution is 2.20. The largest absolute Gasteiger partial charge is 0.354 e. The van der Waals surface area contributed by atoms with Crippen molar-refractivity contribution in [1.29, 1.82) is 0 Å². The number of hydrogen-bond acceptors (Lipinski definition) is 6. The van der Waals surface area contributed by atoms with Gasteiger partial charge in [0, 0.05) is 42.5 Å². The van der Waals surface area contributed by atoms with E-state index in [0.29, 0.717) is 35.0 Å². The summed E-state index contributed by atoms with van der Waals surface area (Å²) in [7, 11) is 0. The van der Waals surface area contributed by atoms with Gasteiger partial charge < -0.3 is 16.0 Å². The predicted octanol–water partition coefficient (Wildman–Crippen LogP) is 3.94. The van der Waals surface area contributed by atoms with Crippen LogP contribution in [0.25, 0.3) is 10.9 Å². The number of anilines is 1. The molecule has 4 rings (SSSR count). The fraction of sp³-hybridized carbons (Fsp3) is 0.476. The summed E-state index contributed by atoms with van der Waals surface area (Å²) in [5.41, 5.74) is 2.77. The number of nitrogens with zero attached hydrogens (tertiary/aromatic N) is 3. The van der Waals surface area contributed by atoms with Gasteiger partial charge in [0.25, 0.3) is 0 Å². The van der Waals surface area contributed by atoms with Crippen LogP contribution in [-0.2, 0) is 13.0 Å². The van der Waals surface area contributed by atoms with Crippen LogP contribution in [0.3, 0.4) is 0 Å². The Kier molecular flexibility index (Phi) is 7.38. The molecule has 9 heteroatoms. The van der Waals surface area contributed by atoms with Crippen molar-refractivity contribution in [2.75, 3.05) is 25.0 Å². The molecule has 0 spiro atoms. The van der Waals surface area contributed by atoms with Crippen molar-refractivity contribution in [2.45, 2.75) is 44.7 Å². The van der Waals surface area contributed by atoms with E-state index in [1.54, 1.807) is 6.20 Å². The lowest BCUT2D eigenvalue weighted by atomic mass is 10.0. The van der Waals surface area contributed by atoms with Gasteiger partial charge in [0.05, 0.1) is 28.1 Å². The molecule has 3 aromatic rings. The third-order valence-corrected chi connectivity index (χ3v) is 5.99. The molecule has 1 unspecified atom stereocenters. The highest BCUT2D eigenvalue weighted by atomic mass is 35.5. The summed E-state index contributed by atoms with van der Waals surface area (Å²) in [6.45, 7) is 3.35. The first-order chi connectivity index (χ1) is 14.7. The van der Waals surface area contributed by atoms with Crippen LogP contribution in [0.2, 0.25) is 10.0 Å². The molecule has 160 valence electrons. The van der Waals surface area contributed by atoms with Crippen LogP contribution in [-0.4, -0.2) is 45.8 Å². The van der Waals surface area contributed by atoms with Crippen LogP contribution in [0.5, 0.6) is 0 Å². The van der Waals surface area contributed by atoms with E-state index in [2.05, 4.69) is 36.1 Å². The smallest absolute Gasteiger partial charge is 0.222 e. The van der Waals surface area contributed by atoms with E-state index >= 15 is 0 Å². The molecule has 0 aliphatic carbocycles. The highest BCUT2D eigenvalue weighted by Gasteiger charge is 2.12. The number of H-pyrrole nitrogens is 1. The lowest BCUT2D eigenvalue weighted by Crippen LogP contribution is -2.35. The third kappa shape index (κ3) is 5.60. The fourth-order valence-electron chi connectivity index (χ4n) is 3.78. The van der Waals surface area contributed by atoms with Crippen molar-refractivity contribution in [3.63, 3.8) is 0 Å². The van der Waals surface area contributed by atoms with Crippen molar-refractivity contribution in [3.05, 3.63) is 45.8 Å². The van der Waals surface area contributed by atoms with Crippen LogP contribution < -0.4 is 16.0 Å². The minimum absolute atomic E-state index is 0.591. The summed E-state index contributed by atoms with van der Waals surface area (Å²) in [5, 5.41) is 20.0. The molecule has 0 radical (unpaired) electrons. The molecule has 0 amide bonds. The van der Waals surface area contributed by atoms with Gasteiger partial charge in [-0.2, -0.15) is 5.10 Å². The van der Waals surface area contributed by atoms with E-state index in [1.807, 2.05) is 18.2 Å². The number of benzene rings is 1. The molecule has 1 aliphatic heterocycles. The first kappa shape index (κ1) is 21.3. The van der Waals surface area contributed by atoms with E-state index in [9.17, 15) is 0 Å². The van der Waals surface area contributed by atoms with Crippen molar-refractivity contribution in [1.82, 2.24) is 30.8 Å². The quantitative estimate of drug-likeness (QED) is 0.371. The number of hydrogen-bond donors (Lipinski definition) is 4. The summed E-state index contributed by atoms with van der Waals surface area (Å²) in [6.07, 6.45) is 7.30. The van der Waals surface area contributed by atoms with E-state index in [4.69, 9.17) is 23.2 Å². The van der Waals surface area contributed by atoms with Gasteiger partial charge in [0.1, 0.15) is 0 Å². The summed E-state index contributed by atoms with van der Waals surface area (Å²) in [5.74, 6) is 0.637. The Morgan fingerprint density at radius 2 is 2.07 bits per heavy atom. The normalized spacial score (nSPS) is 16.8. The van der Waals surface area contributed by atoms with Crippen LogP contribution in [0.4, 0.5) is 5.95 Å². The maximum absolute atomic E-state index is 6.30. The van der Waals surface area contributed by atoms with Crippen molar-refractivity contribution in [3.8, 4) is 0 Å². The number of nitrogens with one attached hydrogen (secondary N) is 4. The van der Waals surface area contributed by atoms with Crippen LogP contribution in [0.1, 0.15) is 37.1 Å². The Balaban J connectivity index is 1.25. The standard InChI is InChI=1S/C21H27Cl2N7/c22-14-4-5-18-16(11-14)20(30-29-18)13-24-9-7-19-17(23)12-27-21(28-19)26-10-6-15-3-1-2-8-25-15/h4-5,11-12,15,24-25H,1-3,6-10,13H2,(H,29,30)(H,26,27,28). The minimum atomic E-state index is 0.591. The molecule has 4 N–H and O–H groups in total. The van der Waals surface area contributed by atoms with E-state index in [1.165, 1.54) is 19.3 Å². The predicted molar refractivity (Wildman–Crippen MR) is 122 cm³/mol. The monoisotopic (exact) mass is 447 g/mol. The van der Waals surface area contributed by atoms with Crippen LogP contribution in [0.15, 0.2) is 24.4 Å². The molecule has 1 aliphatic rings. The maximum atomic E-state index is 6.30. The van der Waals surface area contributed by atoms with E-state index in [-0.39, 0.29) is 0 Å². The summed E-state index contributed by atoms with van der Waals surface area (Å²) < 4.78 is 0. The second-order valence-electron chi connectivity index (χ2n) is 7.64. The Hall–Kier alpha value is -1.93. The number of fused-ring (bicyclic) bond motifs is 1. The van der Waals surface area contributed by atoms with Crippen molar-refractivity contribution in [2.24, 2.45) is 0 Å². The summed E-state index contributed by atoms with van der Waals surface area (Å²) >= 11 is 12.4. The van der Waals surface area contributed by atoms with Gasteiger partial charge in [-0.1, -0.05) is 29.6 Å². The zero-order chi connectivity index (χ0) is 20.8. The average molecular weight is 448 g/mol. The van der Waals surface area contributed by atoms with Gasteiger partial charge in [0.15, 0.2) is 0 Å². The van der Waals surface area contributed by atoms with E-state index in [0.717, 1.165) is 48.3 Å². The molecule has 3 heterocycles. The van der Waals surface area contributed by atoms with Gasteiger partial charge in [-0.05, 0) is 44.0 Å². The average Bonchev–Trinajstić information content (AvgIpc) is 3.16. The number of aromatic nitrogens is 4. The molecule has 1 fully saturated rings. The zero-order valence-electron chi connectivity index (χ0n) is 16.8. The minimum Gasteiger partial charge on any atom is -0.354 e. The number of halogens is 2. The molecule has 0 saturated carbocycles. The number of piperidine rings is 1. The van der Waals surface area contributed by atoms with Crippen molar-refractivity contribution >= 4 is 40.1 Å². The van der Waals surface area contributed by atoms with E-state index < -0.39 is 0 Å². The molecule has 7 nitrogen and oxygen atoms in total. The fourth-order valence-corrected chi connectivity index (χ4v) is 4.14. The summed E-state index contributed by atoms with van der Waals surface area (Å²) in [6, 6.07) is 6.32. The zero-order valence-corrected chi connectivity index (χ0v) is 18.4. The Morgan fingerprint density at radius 3 is 2.93 bits per heavy atom. The van der Waals surface area contributed by atoms with Gasteiger partial charge in [0.2, 0.25) is 5.95 Å². The molecule has 0 bridgehead atoms.